The second kappa shape index (κ2) is 4.46. The number of benzene rings is 1. The lowest BCUT2D eigenvalue weighted by Gasteiger charge is -2.14. The summed E-state index contributed by atoms with van der Waals surface area (Å²) in [6, 6.07) is 10.5. The highest BCUT2D eigenvalue weighted by molar-refractivity contribution is 5.78. The molecule has 2 atom stereocenters. The molecule has 2 nitrogen and oxygen atoms in total. The van der Waals surface area contributed by atoms with Crippen LogP contribution in [-0.4, -0.2) is 16.2 Å². The Hall–Kier alpha value is -1.41. The third-order valence-corrected chi connectivity index (χ3v) is 3.78. The second-order valence-electron chi connectivity index (χ2n) is 4.99. The van der Waals surface area contributed by atoms with Crippen LogP contribution in [0.5, 0.6) is 0 Å². The summed E-state index contributed by atoms with van der Waals surface area (Å²) in [6.07, 6.45) is 6.02. The van der Waals surface area contributed by atoms with Crippen molar-refractivity contribution >= 4 is 10.9 Å². The van der Waals surface area contributed by atoms with E-state index in [0.717, 1.165) is 24.8 Å². The highest BCUT2D eigenvalue weighted by atomic mass is 16.3. The zero-order valence-corrected chi connectivity index (χ0v) is 9.84. The molecule has 1 saturated carbocycles. The molecule has 1 aliphatic carbocycles. The van der Waals surface area contributed by atoms with Crippen LogP contribution < -0.4 is 0 Å². The third-order valence-electron chi connectivity index (χ3n) is 3.78. The van der Waals surface area contributed by atoms with Gasteiger partial charge in [0.1, 0.15) is 0 Å². The van der Waals surface area contributed by atoms with Crippen molar-refractivity contribution in [2.75, 3.05) is 0 Å². The number of pyridine rings is 1. The summed E-state index contributed by atoms with van der Waals surface area (Å²) in [5, 5.41) is 11.0. The smallest absolute Gasteiger partial charge is 0.0702 e. The number of hydrogen-bond acceptors (Lipinski definition) is 2. The summed E-state index contributed by atoms with van der Waals surface area (Å²) in [4.78, 5) is 4.32. The SMILES string of the molecule is OC1CCCC1Cc1ccc2ncccc2c1. The normalized spacial score (nSPS) is 24.3. The van der Waals surface area contributed by atoms with Gasteiger partial charge in [0.05, 0.1) is 11.6 Å². The van der Waals surface area contributed by atoms with Gasteiger partial charge in [-0.05, 0) is 48.9 Å². The highest BCUT2D eigenvalue weighted by Crippen LogP contribution is 2.29. The molecule has 0 spiro atoms. The standard InChI is InChI=1S/C15H17NO/c17-15-5-1-3-13(15)10-11-6-7-14-12(9-11)4-2-8-16-14/h2,4,6-9,13,15,17H,1,3,5,10H2. The monoisotopic (exact) mass is 227 g/mol. The quantitative estimate of drug-likeness (QED) is 0.855. The van der Waals surface area contributed by atoms with Gasteiger partial charge in [0.2, 0.25) is 0 Å². The van der Waals surface area contributed by atoms with Crippen molar-refractivity contribution in [1.82, 2.24) is 4.98 Å². The van der Waals surface area contributed by atoms with Crippen molar-refractivity contribution in [3.8, 4) is 0 Å². The second-order valence-corrected chi connectivity index (χ2v) is 4.99. The average Bonchev–Trinajstić information content (AvgIpc) is 2.75. The van der Waals surface area contributed by atoms with Gasteiger partial charge in [-0.3, -0.25) is 4.98 Å². The number of aliphatic hydroxyl groups excluding tert-OH is 1. The van der Waals surface area contributed by atoms with Crippen molar-refractivity contribution in [1.29, 1.82) is 0 Å². The zero-order valence-electron chi connectivity index (χ0n) is 9.84. The molecule has 1 aliphatic rings. The molecule has 17 heavy (non-hydrogen) atoms. The summed E-state index contributed by atoms with van der Waals surface area (Å²) in [6.45, 7) is 0. The molecule has 2 unspecified atom stereocenters. The first-order valence-electron chi connectivity index (χ1n) is 6.35. The predicted molar refractivity (Wildman–Crippen MR) is 68.8 cm³/mol. The molecule has 0 aliphatic heterocycles. The van der Waals surface area contributed by atoms with Crippen LogP contribution >= 0.6 is 0 Å². The maximum Gasteiger partial charge on any atom is 0.0702 e. The number of hydrogen-bond donors (Lipinski definition) is 1. The maximum atomic E-state index is 9.85. The molecule has 0 bridgehead atoms. The lowest BCUT2D eigenvalue weighted by Crippen LogP contribution is -2.15. The molecule has 1 aromatic carbocycles. The van der Waals surface area contributed by atoms with Crippen molar-refractivity contribution in [3.63, 3.8) is 0 Å². The predicted octanol–water partition coefficient (Wildman–Crippen LogP) is 2.94. The number of nitrogens with zero attached hydrogens (tertiary/aromatic N) is 1. The van der Waals surface area contributed by atoms with Gasteiger partial charge >= 0.3 is 0 Å². The van der Waals surface area contributed by atoms with Crippen molar-refractivity contribution in [3.05, 3.63) is 42.1 Å². The molecule has 2 heteroatoms. The minimum absolute atomic E-state index is 0.0976. The van der Waals surface area contributed by atoms with E-state index in [0.29, 0.717) is 5.92 Å². The van der Waals surface area contributed by atoms with Gasteiger partial charge in [-0.25, -0.2) is 0 Å². The van der Waals surface area contributed by atoms with Gasteiger partial charge in [-0.2, -0.15) is 0 Å². The molecule has 1 fully saturated rings. The first-order valence-corrected chi connectivity index (χ1v) is 6.35. The Morgan fingerprint density at radius 1 is 1.24 bits per heavy atom. The van der Waals surface area contributed by atoms with E-state index in [1.54, 1.807) is 0 Å². The third kappa shape index (κ3) is 2.18. The average molecular weight is 227 g/mol. The Bertz CT molecular complexity index is 523. The van der Waals surface area contributed by atoms with Gasteiger partial charge in [0.25, 0.3) is 0 Å². The van der Waals surface area contributed by atoms with E-state index >= 15 is 0 Å². The molecule has 1 aromatic heterocycles. The number of aliphatic hydroxyl groups is 1. The lowest BCUT2D eigenvalue weighted by atomic mass is 9.95. The molecule has 1 heterocycles. The van der Waals surface area contributed by atoms with Gasteiger partial charge < -0.3 is 5.11 Å². The fourth-order valence-corrected chi connectivity index (χ4v) is 2.81. The van der Waals surface area contributed by atoms with Gasteiger partial charge in [-0.1, -0.05) is 18.6 Å². The summed E-state index contributed by atoms with van der Waals surface area (Å²) in [5.74, 6) is 0.448. The minimum atomic E-state index is -0.0976. The molecule has 0 amide bonds. The van der Waals surface area contributed by atoms with E-state index in [9.17, 15) is 5.11 Å². The van der Waals surface area contributed by atoms with E-state index in [1.807, 2.05) is 12.3 Å². The van der Waals surface area contributed by atoms with Crippen LogP contribution in [0.3, 0.4) is 0 Å². The Balaban J connectivity index is 1.85. The van der Waals surface area contributed by atoms with E-state index in [-0.39, 0.29) is 6.10 Å². The summed E-state index contributed by atoms with van der Waals surface area (Å²) >= 11 is 0. The highest BCUT2D eigenvalue weighted by Gasteiger charge is 2.25. The largest absolute Gasteiger partial charge is 0.393 e. The Morgan fingerprint density at radius 2 is 2.18 bits per heavy atom. The van der Waals surface area contributed by atoms with E-state index < -0.39 is 0 Å². The van der Waals surface area contributed by atoms with Crippen molar-refractivity contribution in [2.24, 2.45) is 5.92 Å². The summed E-state index contributed by atoms with van der Waals surface area (Å²) in [5.41, 5.74) is 2.36. The molecule has 1 N–H and O–H groups in total. The van der Waals surface area contributed by atoms with Crippen molar-refractivity contribution in [2.45, 2.75) is 31.8 Å². The Labute approximate surface area is 101 Å². The molecular formula is C15H17NO. The van der Waals surface area contributed by atoms with E-state index in [2.05, 4.69) is 29.2 Å². The number of rotatable bonds is 2. The Morgan fingerprint density at radius 3 is 3.00 bits per heavy atom. The van der Waals surface area contributed by atoms with E-state index in [1.165, 1.54) is 17.4 Å². The van der Waals surface area contributed by atoms with Crippen LogP contribution in [0.25, 0.3) is 10.9 Å². The molecule has 0 radical (unpaired) electrons. The first-order chi connectivity index (χ1) is 8.33. The number of fused-ring (bicyclic) bond motifs is 1. The maximum absolute atomic E-state index is 9.85. The fraction of sp³-hybridized carbons (Fsp3) is 0.400. The van der Waals surface area contributed by atoms with Crippen LogP contribution in [-0.2, 0) is 6.42 Å². The topological polar surface area (TPSA) is 33.1 Å². The molecule has 88 valence electrons. The van der Waals surface area contributed by atoms with Gasteiger partial charge in [0, 0.05) is 11.6 Å². The zero-order chi connectivity index (χ0) is 11.7. The first kappa shape index (κ1) is 10.7. The van der Waals surface area contributed by atoms with Crippen LogP contribution in [0.1, 0.15) is 24.8 Å². The molecular weight excluding hydrogens is 210 g/mol. The number of aromatic nitrogens is 1. The summed E-state index contributed by atoms with van der Waals surface area (Å²) < 4.78 is 0. The van der Waals surface area contributed by atoms with Crippen LogP contribution in [0.4, 0.5) is 0 Å². The molecule has 2 aromatic rings. The minimum Gasteiger partial charge on any atom is -0.393 e. The fourth-order valence-electron chi connectivity index (χ4n) is 2.81. The van der Waals surface area contributed by atoms with Gasteiger partial charge in [0.15, 0.2) is 0 Å². The van der Waals surface area contributed by atoms with Gasteiger partial charge in [-0.15, -0.1) is 0 Å². The van der Waals surface area contributed by atoms with E-state index in [4.69, 9.17) is 0 Å². The summed E-state index contributed by atoms with van der Waals surface area (Å²) in [7, 11) is 0. The van der Waals surface area contributed by atoms with Crippen LogP contribution in [0, 0.1) is 5.92 Å². The van der Waals surface area contributed by atoms with Crippen LogP contribution in [0.2, 0.25) is 0 Å². The molecule has 0 saturated heterocycles. The van der Waals surface area contributed by atoms with Crippen LogP contribution in [0.15, 0.2) is 36.5 Å². The molecule has 3 rings (SSSR count). The Kier molecular flexibility index (Phi) is 2.81. The lowest BCUT2D eigenvalue weighted by molar-refractivity contribution is 0.133. The van der Waals surface area contributed by atoms with Crippen molar-refractivity contribution < 1.29 is 5.11 Å².